The molecule has 1 heterocycles. The third-order valence-electron chi connectivity index (χ3n) is 17.7. The zero-order valence-corrected chi connectivity index (χ0v) is 56.9. The molecule has 6 N–H and O–H groups in total. The van der Waals surface area contributed by atoms with Gasteiger partial charge in [0.25, 0.3) is 0 Å². The molecule has 0 saturated carbocycles. The van der Waals surface area contributed by atoms with Gasteiger partial charge in [-0.3, -0.25) is 9.59 Å². The van der Waals surface area contributed by atoms with Crippen molar-refractivity contribution in [2.45, 2.75) is 410 Å². The van der Waals surface area contributed by atoms with E-state index in [1.165, 1.54) is 231 Å². The molecule has 0 bridgehead atoms. The molecule has 1 rings (SSSR count). The number of aliphatic hydroxyl groups is 5. The average molecular weight is 1230 g/mol. The van der Waals surface area contributed by atoms with Gasteiger partial charge in [-0.25, -0.2) is 0 Å². The van der Waals surface area contributed by atoms with Crippen molar-refractivity contribution in [3.05, 3.63) is 48.6 Å². The van der Waals surface area contributed by atoms with Crippen LogP contribution in [0.4, 0.5) is 0 Å². The molecule has 11 heteroatoms. The van der Waals surface area contributed by atoms with Crippen molar-refractivity contribution < 1.29 is 49.3 Å². The Morgan fingerprint density at radius 2 is 0.793 bits per heavy atom. The average Bonchev–Trinajstić information content (AvgIpc) is 1.52. The van der Waals surface area contributed by atoms with Crippen LogP contribution in [0.1, 0.15) is 361 Å². The number of unbranched alkanes of at least 4 members (excludes halogenated alkanes) is 45. The van der Waals surface area contributed by atoms with Crippen LogP contribution in [0, 0.1) is 0 Å². The fourth-order valence-corrected chi connectivity index (χ4v) is 11.8. The summed E-state index contributed by atoms with van der Waals surface area (Å²) in [5.41, 5.74) is 0. The summed E-state index contributed by atoms with van der Waals surface area (Å²) in [6.07, 6.45) is 70.1. The number of aliphatic hydroxyl groups excluding tert-OH is 5. The number of hydrogen-bond acceptors (Lipinski definition) is 10. The number of carbonyl (C=O) groups is 2. The Labute approximate surface area is 536 Å². The van der Waals surface area contributed by atoms with Crippen molar-refractivity contribution in [2.75, 3.05) is 13.2 Å². The summed E-state index contributed by atoms with van der Waals surface area (Å²) < 4.78 is 17.7. The molecule has 11 nitrogen and oxygen atoms in total. The van der Waals surface area contributed by atoms with E-state index in [2.05, 4.69) is 62.5 Å². The first kappa shape index (κ1) is 82.6. The van der Waals surface area contributed by atoms with Crippen LogP contribution in [0.2, 0.25) is 0 Å². The lowest BCUT2D eigenvalue weighted by molar-refractivity contribution is -0.305. The highest BCUT2D eigenvalue weighted by Gasteiger charge is 2.47. The zero-order chi connectivity index (χ0) is 63.1. The van der Waals surface area contributed by atoms with Gasteiger partial charge in [-0.1, -0.05) is 339 Å². The van der Waals surface area contributed by atoms with Gasteiger partial charge in [-0.15, -0.1) is 0 Å². The van der Waals surface area contributed by atoms with E-state index in [4.69, 9.17) is 14.2 Å². The number of ether oxygens (including phenoxy) is 3. The lowest BCUT2D eigenvalue weighted by Crippen LogP contribution is -2.61. The van der Waals surface area contributed by atoms with Gasteiger partial charge in [-0.05, 0) is 64.2 Å². The first-order valence-electron chi connectivity index (χ1n) is 37.4. The number of nitrogens with one attached hydrogen (secondary N) is 1. The molecule has 0 aromatic carbocycles. The quantitative estimate of drug-likeness (QED) is 0.0195. The number of allylic oxidation sites excluding steroid dienone is 7. The highest BCUT2D eigenvalue weighted by atomic mass is 16.7. The number of hydrogen-bond donors (Lipinski definition) is 6. The maximum atomic E-state index is 13.5. The predicted octanol–water partition coefficient (Wildman–Crippen LogP) is 19.5. The second-order valence-electron chi connectivity index (χ2n) is 26.0. The Morgan fingerprint density at radius 3 is 1.21 bits per heavy atom. The van der Waals surface area contributed by atoms with Crippen molar-refractivity contribution in [3.8, 4) is 0 Å². The Bertz CT molecular complexity index is 1600. The van der Waals surface area contributed by atoms with Gasteiger partial charge in [0.15, 0.2) is 12.4 Å². The van der Waals surface area contributed by atoms with Crippen molar-refractivity contribution in [1.82, 2.24) is 5.32 Å². The largest absolute Gasteiger partial charge is 0.454 e. The highest BCUT2D eigenvalue weighted by Crippen LogP contribution is 2.27. The Kier molecular flexibility index (Phi) is 60.6. The van der Waals surface area contributed by atoms with Crippen LogP contribution in [0.3, 0.4) is 0 Å². The summed E-state index contributed by atoms with van der Waals surface area (Å²) in [4.78, 5) is 26.7. The molecule has 510 valence electrons. The minimum absolute atomic E-state index is 0.127. The van der Waals surface area contributed by atoms with Gasteiger partial charge in [0.05, 0.1) is 25.4 Å². The molecular formula is C76H141NO10. The maximum Gasteiger partial charge on any atom is 0.306 e. The Balaban J connectivity index is 2.55. The van der Waals surface area contributed by atoms with E-state index in [0.29, 0.717) is 12.8 Å². The van der Waals surface area contributed by atoms with E-state index in [1.807, 2.05) is 6.08 Å². The summed E-state index contributed by atoms with van der Waals surface area (Å²) >= 11 is 0. The van der Waals surface area contributed by atoms with Crippen LogP contribution in [0.25, 0.3) is 0 Å². The summed E-state index contributed by atoms with van der Waals surface area (Å²) in [6, 6.07) is -1.03. The van der Waals surface area contributed by atoms with Gasteiger partial charge < -0.3 is 45.1 Å². The van der Waals surface area contributed by atoms with Crippen LogP contribution >= 0.6 is 0 Å². The molecule has 0 spiro atoms. The number of esters is 1. The summed E-state index contributed by atoms with van der Waals surface area (Å²) in [7, 11) is 0. The van der Waals surface area contributed by atoms with E-state index >= 15 is 0 Å². The van der Waals surface area contributed by atoms with E-state index < -0.39 is 67.4 Å². The molecule has 1 amide bonds. The second kappa shape index (κ2) is 63.8. The SMILES string of the molecule is CCCCC/C=C\C/C=C\C/C=C\CCCCCCCCCC(O)C(=O)NC(COC1OC(CO)C(O)C(O)C1OC(=O)CCCCCCCCCCCCCCCCCCCCCCCCCCC)C(O)/C=C/CCCCCCCCCCCCC. The fourth-order valence-electron chi connectivity index (χ4n) is 11.8. The minimum atomic E-state index is -1.61. The standard InChI is InChI=1S/C76H141NO10/c1-4-7-10-13-16-19-22-25-27-29-31-33-34-35-36-37-39-41-43-46-49-52-55-58-61-64-71(81)87-74-73(83)72(82)70(65-78)86-76(74)85-66-67(68(79)62-59-56-53-50-47-44-24-21-18-15-12-9-6-3)77-75(84)69(80)63-60-57-54-51-48-45-42-40-38-32-30-28-26-23-20-17-14-11-8-5-2/h17,20,26,28,32,38,59,62,67-70,72-74,76,78-80,82-83H,4-16,18-19,21-25,27,29-31,33-37,39-58,60-61,63-66H2,1-3H3,(H,77,84)/b20-17-,28-26-,38-32-,62-59+. The van der Waals surface area contributed by atoms with Crippen LogP contribution in [0.5, 0.6) is 0 Å². The normalized spacial score (nSPS) is 18.5. The molecule has 1 aliphatic rings. The maximum absolute atomic E-state index is 13.5. The van der Waals surface area contributed by atoms with E-state index in [9.17, 15) is 35.1 Å². The molecule has 0 aliphatic carbocycles. The van der Waals surface area contributed by atoms with Crippen LogP contribution in [0.15, 0.2) is 48.6 Å². The molecule has 0 aromatic rings. The van der Waals surface area contributed by atoms with Crippen molar-refractivity contribution in [1.29, 1.82) is 0 Å². The van der Waals surface area contributed by atoms with Crippen molar-refractivity contribution in [3.63, 3.8) is 0 Å². The van der Waals surface area contributed by atoms with Crippen molar-refractivity contribution >= 4 is 11.9 Å². The number of amides is 1. The summed E-state index contributed by atoms with van der Waals surface area (Å²) in [5, 5.41) is 57.3. The predicted molar refractivity (Wildman–Crippen MR) is 366 cm³/mol. The van der Waals surface area contributed by atoms with Gasteiger partial charge in [0, 0.05) is 6.42 Å². The third-order valence-corrected chi connectivity index (χ3v) is 17.7. The third kappa shape index (κ3) is 50.9. The number of rotatable bonds is 65. The summed E-state index contributed by atoms with van der Waals surface area (Å²) in [6.45, 7) is 5.82. The van der Waals surface area contributed by atoms with Gasteiger partial charge in [0.1, 0.15) is 24.4 Å². The van der Waals surface area contributed by atoms with E-state index in [0.717, 1.165) is 83.5 Å². The molecule has 8 unspecified atom stereocenters. The van der Waals surface area contributed by atoms with Gasteiger partial charge in [-0.2, -0.15) is 0 Å². The minimum Gasteiger partial charge on any atom is -0.454 e. The van der Waals surface area contributed by atoms with Crippen LogP contribution in [-0.4, -0.2) is 99.6 Å². The fraction of sp³-hybridized carbons (Fsp3) is 0.868. The highest BCUT2D eigenvalue weighted by molar-refractivity contribution is 5.80. The molecule has 0 aromatic heterocycles. The molecule has 0 radical (unpaired) electrons. The Hall–Kier alpha value is -2.38. The van der Waals surface area contributed by atoms with Crippen LogP contribution < -0.4 is 5.32 Å². The van der Waals surface area contributed by atoms with E-state index in [-0.39, 0.29) is 19.4 Å². The summed E-state index contributed by atoms with van der Waals surface area (Å²) in [5.74, 6) is -1.19. The zero-order valence-electron chi connectivity index (χ0n) is 56.9. The molecule has 1 fully saturated rings. The lowest BCUT2D eigenvalue weighted by atomic mass is 9.99. The topological polar surface area (TPSA) is 175 Å². The molecule has 8 atom stereocenters. The molecule has 1 saturated heterocycles. The Morgan fingerprint density at radius 1 is 0.448 bits per heavy atom. The van der Waals surface area contributed by atoms with Gasteiger partial charge in [0.2, 0.25) is 5.91 Å². The lowest BCUT2D eigenvalue weighted by Gasteiger charge is -2.41. The second-order valence-corrected chi connectivity index (χ2v) is 26.0. The number of carbonyl (C=O) groups excluding carboxylic acids is 2. The molecule has 1 aliphatic heterocycles. The van der Waals surface area contributed by atoms with Crippen LogP contribution in [-0.2, 0) is 23.8 Å². The first-order chi connectivity index (χ1) is 42.7. The smallest absolute Gasteiger partial charge is 0.306 e. The molecule has 87 heavy (non-hydrogen) atoms. The first-order valence-corrected chi connectivity index (χ1v) is 37.4. The molecular weight excluding hydrogens is 1090 g/mol. The van der Waals surface area contributed by atoms with Gasteiger partial charge >= 0.3 is 5.97 Å². The van der Waals surface area contributed by atoms with Crippen molar-refractivity contribution in [2.24, 2.45) is 0 Å². The monoisotopic (exact) mass is 1230 g/mol. The van der Waals surface area contributed by atoms with E-state index in [1.54, 1.807) is 6.08 Å².